The molecule has 0 saturated carbocycles. The van der Waals surface area contributed by atoms with Gasteiger partial charge in [-0.1, -0.05) is 13.8 Å². The lowest BCUT2D eigenvalue weighted by molar-refractivity contribution is -0.120. The van der Waals surface area contributed by atoms with Gasteiger partial charge in [-0.2, -0.15) is 0 Å². The number of aliphatic imine (C=N–C) groups is 1. The summed E-state index contributed by atoms with van der Waals surface area (Å²) >= 11 is 0. The molecule has 1 N–H and O–H groups in total. The summed E-state index contributed by atoms with van der Waals surface area (Å²) in [7, 11) is -3.20. The van der Waals surface area contributed by atoms with Gasteiger partial charge in [-0.25, -0.2) is 8.42 Å². The van der Waals surface area contributed by atoms with Crippen LogP contribution in [0.25, 0.3) is 0 Å². The number of carbonyl (C=O) groups is 1. The first-order valence-electron chi connectivity index (χ1n) is 4.81. The van der Waals surface area contributed by atoms with Crippen molar-refractivity contribution in [3.63, 3.8) is 0 Å². The monoisotopic (exact) mass is 232 g/mol. The first-order valence-corrected chi connectivity index (χ1v) is 6.76. The van der Waals surface area contributed by atoms with E-state index in [1.807, 2.05) is 13.8 Å². The Kier molecular flexibility index (Phi) is 3.18. The highest BCUT2D eigenvalue weighted by molar-refractivity contribution is 7.92. The SMILES string of the molecule is CC(C)C1N=C(C(C)S(C)(=O)=O)NC1=O. The summed E-state index contributed by atoms with van der Waals surface area (Å²) in [5, 5.41) is 1.78. The van der Waals surface area contributed by atoms with Crippen LogP contribution in [0.2, 0.25) is 0 Å². The molecule has 86 valence electrons. The fourth-order valence-corrected chi connectivity index (χ4v) is 1.83. The van der Waals surface area contributed by atoms with Crippen molar-refractivity contribution in [2.75, 3.05) is 6.26 Å². The van der Waals surface area contributed by atoms with Gasteiger partial charge in [0.1, 0.15) is 17.1 Å². The van der Waals surface area contributed by atoms with E-state index in [9.17, 15) is 13.2 Å². The summed E-state index contributed by atoms with van der Waals surface area (Å²) in [5.74, 6) is 0.131. The normalized spacial score (nSPS) is 23.9. The number of sulfone groups is 1. The molecule has 0 aliphatic carbocycles. The zero-order valence-electron chi connectivity index (χ0n) is 9.31. The lowest BCUT2D eigenvalue weighted by atomic mass is 10.1. The molecule has 15 heavy (non-hydrogen) atoms. The van der Waals surface area contributed by atoms with Gasteiger partial charge in [0.15, 0.2) is 9.84 Å². The summed E-state index contributed by atoms with van der Waals surface area (Å²) in [6.07, 6.45) is 1.13. The Morgan fingerprint density at radius 1 is 1.33 bits per heavy atom. The highest BCUT2D eigenvalue weighted by Crippen LogP contribution is 2.14. The van der Waals surface area contributed by atoms with Crippen LogP contribution >= 0.6 is 0 Å². The molecule has 1 aliphatic rings. The van der Waals surface area contributed by atoms with E-state index in [0.717, 1.165) is 6.26 Å². The molecule has 5 nitrogen and oxygen atoms in total. The Bertz CT molecular complexity index is 398. The van der Waals surface area contributed by atoms with E-state index in [2.05, 4.69) is 10.3 Å². The predicted molar refractivity (Wildman–Crippen MR) is 58.5 cm³/mol. The summed E-state index contributed by atoms with van der Waals surface area (Å²) in [6, 6.07) is -0.454. The fraction of sp³-hybridized carbons (Fsp3) is 0.778. The Morgan fingerprint density at radius 2 is 1.87 bits per heavy atom. The summed E-state index contributed by atoms with van der Waals surface area (Å²) in [5.41, 5.74) is 0. The molecule has 0 bridgehead atoms. The lowest BCUT2D eigenvalue weighted by Crippen LogP contribution is -2.38. The van der Waals surface area contributed by atoms with Gasteiger partial charge in [0.25, 0.3) is 0 Å². The standard InChI is InChI=1S/C9H16N2O3S/c1-5(2)7-9(12)11-8(10-7)6(3)15(4,13)14/h5-7H,1-4H3,(H,10,11,12). The predicted octanol–water partition coefficient (Wildman–Crippen LogP) is -0.0276. The summed E-state index contributed by atoms with van der Waals surface area (Å²) in [6.45, 7) is 5.28. The third-order valence-corrected chi connectivity index (χ3v) is 3.96. The maximum atomic E-state index is 11.4. The maximum absolute atomic E-state index is 11.4. The molecule has 1 heterocycles. The van der Waals surface area contributed by atoms with Gasteiger partial charge in [0, 0.05) is 6.26 Å². The number of hydrogen-bond donors (Lipinski definition) is 1. The third kappa shape index (κ3) is 2.56. The van der Waals surface area contributed by atoms with Crippen molar-refractivity contribution in [2.45, 2.75) is 32.1 Å². The van der Waals surface area contributed by atoms with Crippen LogP contribution in [0, 0.1) is 5.92 Å². The summed E-state index contributed by atoms with van der Waals surface area (Å²) < 4.78 is 22.5. The molecule has 2 atom stereocenters. The number of rotatable bonds is 3. The molecule has 0 spiro atoms. The molecule has 0 radical (unpaired) electrons. The molecule has 0 aromatic rings. The van der Waals surface area contributed by atoms with Crippen LogP contribution in [0.1, 0.15) is 20.8 Å². The molecule has 0 aromatic carbocycles. The van der Waals surface area contributed by atoms with Gasteiger partial charge in [-0.15, -0.1) is 0 Å². The first-order chi connectivity index (χ1) is 6.73. The Balaban J connectivity index is 2.92. The maximum Gasteiger partial charge on any atom is 0.250 e. The van der Waals surface area contributed by atoms with Crippen molar-refractivity contribution in [3.8, 4) is 0 Å². The molecule has 6 heteroatoms. The van der Waals surface area contributed by atoms with Crippen molar-refractivity contribution in [1.29, 1.82) is 0 Å². The van der Waals surface area contributed by atoms with Crippen molar-refractivity contribution in [2.24, 2.45) is 10.9 Å². The second-order valence-corrected chi connectivity index (χ2v) is 6.53. The quantitative estimate of drug-likeness (QED) is 0.742. The first kappa shape index (κ1) is 12.2. The molecular formula is C9H16N2O3S. The minimum absolute atomic E-state index is 0.0780. The third-order valence-electron chi connectivity index (χ3n) is 2.46. The van der Waals surface area contributed by atoms with Gasteiger partial charge in [0.2, 0.25) is 5.91 Å². The second kappa shape index (κ2) is 3.92. The highest BCUT2D eigenvalue weighted by Gasteiger charge is 2.34. The van der Waals surface area contributed by atoms with Gasteiger partial charge >= 0.3 is 0 Å². The van der Waals surface area contributed by atoms with Crippen LogP contribution in [0.3, 0.4) is 0 Å². The van der Waals surface area contributed by atoms with Crippen LogP contribution < -0.4 is 5.32 Å². The van der Waals surface area contributed by atoms with E-state index in [1.54, 1.807) is 0 Å². The van der Waals surface area contributed by atoms with Gasteiger partial charge in [-0.3, -0.25) is 9.79 Å². The van der Waals surface area contributed by atoms with E-state index in [-0.39, 0.29) is 17.7 Å². The Hall–Kier alpha value is -0.910. The number of nitrogens with zero attached hydrogens (tertiary/aromatic N) is 1. The van der Waals surface area contributed by atoms with Gasteiger partial charge in [0.05, 0.1) is 0 Å². The largest absolute Gasteiger partial charge is 0.312 e. The highest BCUT2D eigenvalue weighted by atomic mass is 32.2. The number of hydrogen-bond acceptors (Lipinski definition) is 4. The van der Waals surface area contributed by atoms with E-state index in [1.165, 1.54) is 6.92 Å². The molecule has 1 rings (SSSR count). The average molecular weight is 232 g/mol. The molecule has 0 aromatic heterocycles. The minimum atomic E-state index is -3.20. The van der Waals surface area contributed by atoms with E-state index < -0.39 is 21.1 Å². The Morgan fingerprint density at radius 3 is 2.20 bits per heavy atom. The smallest absolute Gasteiger partial charge is 0.250 e. The van der Waals surface area contributed by atoms with Crippen LogP contribution in [0.4, 0.5) is 0 Å². The number of carbonyl (C=O) groups excluding carboxylic acids is 1. The van der Waals surface area contributed by atoms with Crippen LogP contribution in [-0.4, -0.2) is 37.7 Å². The van der Waals surface area contributed by atoms with Crippen molar-refractivity contribution in [3.05, 3.63) is 0 Å². The van der Waals surface area contributed by atoms with E-state index in [0.29, 0.717) is 0 Å². The van der Waals surface area contributed by atoms with Gasteiger partial charge in [-0.05, 0) is 12.8 Å². The fourth-order valence-electron chi connectivity index (χ4n) is 1.30. The minimum Gasteiger partial charge on any atom is -0.312 e. The van der Waals surface area contributed by atoms with Crippen molar-refractivity contribution < 1.29 is 13.2 Å². The zero-order chi connectivity index (χ0) is 11.8. The molecule has 1 aliphatic heterocycles. The lowest BCUT2D eigenvalue weighted by Gasteiger charge is -2.07. The van der Waals surface area contributed by atoms with Crippen molar-refractivity contribution in [1.82, 2.24) is 5.32 Å². The Labute approximate surface area is 89.9 Å². The second-order valence-electron chi connectivity index (χ2n) is 4.16. The summed E-state index contributed by atoms with van der Waals surface area (Å²) in [4.78, 5) is 15.5. The molecule has 0 fully saturated rings. The molecular weight excluding hydrogens is 216 g/mol. The molecule has 0 saturated heterocycles. The van der Waals surface area contributed by atoms with E-state index in [4.69, 9.17) is 0 Å². The van der Waals surface area contributed by atoms with Crippen LogP contribution in [0.15, 0.2) is 4.99 Å². The zero-order valence-corrected chi connectivity index (χ0v) is 10.1. The van der Waals surface area contributed by atoms with Gasteiger partial charge < -0.3 is 5.32 Å². The van der Waals surface area contributed by atoms with E-state index >= 15 is 0 Å². The van der Waals surface area contributed by atoms with Crippen LogP contribution in [-0.2, 0) is 14.6 Å². The topological polar surface area (TPSA) is 75.6 Å². The number of nitrogens with one attached hydrogen (secondary N) is 1. The van der Waals surface area contributed by atoms with Crippen molar-refractivity contribution >= 4 is 21.6 Å². The molecule has 1 amide bonds. The average Bonchev–Trinajstić information content (AvgIpc) is 2.44. The number of amides is 1. The van der Waals surface area contributed by atoms with Crippen LogP contribution in [0.5, 0.6) is 0 Å². The number of amidine groups is 1. The molecule has 2 unspecified atom stereocenters.